The molecule has 2 heterocycles. The van der Waals surface area contributed by atoms with Crippen molar-refractivity contribution in [3.8, 4) is 11.5 Å². The van der Waals surface area contributed by atoms with Crippen molar-refractivity contribution in [2.75, 3.05) is 13.2 Å². The molecule has 1 aromatic carbocycles. The molecule has 0 fully saturated rings. The molecule has 25 heavy (non-hydrogen) atoms. The quantitative estimate of drug-likeness (QED) is 0.788. The number of carbonyl (C=O) groups excluding carboxylic acids is 1. The highest BCUT2D eigenvalue weighted by Crippen LogP contribution is 2.35. The van der Waals surface area contributed by atoms with Gasteiger partial charge in [0.15, 0.2) is 0 Å². The van der Waals surface area contributed by atoms with Gasteiger partial charge in [-0.15, -0.1) is 0 Å². The van der Waals surface area contributed by atoms with Gasteiger partial charge in [-0.25, -0.2) is 0 Å². The number of benzene rings is 1. The van der Waals surface area contributed by atoms with Gasteiger partial charge in [-0.2, -0.15) is 0 Å². The van der Waals surface area contributed by atoms with Gasteiger partial charge in [-0.3, -0.25) is 9.78 Å². The van der Waals surface area contributed by atoms with Gasteiger partial charge < -0.3 is 14.8 Å². The Bertz CT molecular complexity index is 721. The third-order valence-corrected chi connectivity index (χ3v) is 4.13. The van der Waals surface area contributed by atoms with E-state index >= 15 is 0 Å². The Morgan fingerprint density at radius 2 is 2.24 bits per heavy atom. The maximum atomic E-state index is 12.2. The van der Waals surface area contributed by atoms with Crippen molar-refractivity contribution < 1.29 is 14.3 Å². The number of hydrogen-bond acceptors (Lipinski definition) is 4. The zero-order chi connectivity index (χ0) is 17.6. The van der Waals surface area contributed by atoms with E-state index in [0.717, 1.165) is 11.3 Å². The number of ether oxygens (including phenoxy) is 2. The average molecular weight is 336 g/mol. The minimum Gasteiger partial charge on any atom is -0.493 e. The molecule has 0 aliphatic carbocycles. The molecule has 2 atom stereocenters. The van der Waals surface area contributed by atoms with Crippen molar-refractivity contribution in [1.29, 1.82) is 0 Å². The Morgan fingerprint density at radius 1 is 1.40 bits per heavy atom. The van der Waals surface area contributed by atoms with Crippen LogP contribution in [0.2, 0.25) is 0 Å². The SMILES string of the molecule is [B][C@H](C[C@@H]1COc2ccccc21)NC(=O)Cc1ccc(OCC)cn1. The van der Waals surface area contributed by atoms with Crippen LogP contribution < -0.4 is 14.8 Å². The number of nitrogens with one attached hydrogen (secondary N) is 1. The Kier molecular flexibility index (Phi) is 5.58. The molecular weight excluding hydrogens is 315 g/mol. The van der Waals surface area contributed by atoms with Gasteiger partial charge in [0.1, 0.15) is 11.5 Å². The number of fused-ring (bicyclic) bond motifs is 1. The van der Waals surface area contributed by atoms with Gasteiger partial charge in [0.25, 0.3) is 0 Å². The van der Waals surface area contributed by atoms with Crippen molar-refractivity contribution in [1.82, 2.24) is 10.3 Å². The normalized spacial score (nSPS) is 16.6. The van der Waals surface area contributed by atoms with Gasteiger partial charge in [0.05, 0.1) is 33.7 Å². The molecule has 0 saturated carbocycles. The fourth-order valence-electron chi connectivity index (χ4n) is 2.98. The molecule has 1 N–H and O–H groups in total. The van der Waals surface area contributed by atoms with Crippen LogP contribution in [0.5, 0.6) is 11.5 Å². The summed E-state index contributed by atoms with van der Waals surface area (Å²) in [7, 11) is 6.10. The topological polar surface area (TPSA) is 60.5 Å². The lowest BCUT2D eigenvalue weighted by atomic mass is 9.84. The van der Waals surface area contributed by atoms with Crippen LogP contribution in [0.1, 0.15) is 30.5 Å². The number of pyridine rings is 1. The van der Waals surface area contributed by atoms with E-state index < -0.39 is 5.94 Å². The van der Waals surface area contributed by atoms with Gasteiger partial charge >= 0.3 is 0 Å². The first-order valence-electron chi connectivity index (χ1n) is 8.50. The average Bonchev–Trinajstić information content (AvgIpc) is 3.00. The first-order chi connectivity index (χ1) is 12.2. The standard InChI is InChI=1S/C19H21BN2O3/c1-2-24-15-8-7-14(21-11-15)10-19(23)22-18(20)9-13-12-25-17-6-4-3-5-16(13)17/h3-8,11,13,18H,2,9-10,12H2,1H3,(H,22,23)/t13-,18+/m1/s1. The predicted molar refractivity (Wildman–Crippen MR) is 96.1 cm³/mol. The molecule has 1 aliphatic heterocycles. The van der Waals surface area contributed by atoms with E-state index in [4.69, 9.17) is 17.3 Å². The lowest BCUT2D eigenvalue weighted by molar-refractivity contribution is -0.120. The number of amides is 1. The molecule has 1 aliphatic rings. The number of hydrogen-bond donors (Lipinski definition) is 1. The highest BCUT2D eigenvalue weighted by atomic mass is 16.5. The van der Waals surface area contributed by atoms with Gasteiger partial charge in [-0.05, 0) is 37.5 Å². The fraction of sp³-hybridized carbons (Fsp3) is 0.368. The third kappa shape index (κ3) is 4.53. The molecular formula is C19H21BN2O3. The monoisotopic (exact) mass is 336 g/mol. The van der Waals surface area contributed by atoms with Gasteiger partial charge in [-0.1, -0.05) is 18.2 Å². The predicted octanol–water partition coefficient (Wildman–Crippen LogP) is 2.20. The molecule has 0 spiro atoms. The largest absolute Gasteiger partial charge is 0.493 e. The second-order valence-corrected chi connectivity index (χ2v) is 6.05. The molecule has 0 bridgehead atoms. The molecule has 2 aromatic rings. The molecule has 3 rings (SSSR count). The molecule has 1 amide bonds. The lowest BCUT2D eigenvalue weighted by Crippen LogP contribution is -2.37. The summed E-state index contributed by atoms with van der Waals surface area (Å²) in [6, 6.07) is 11.5. The van der Waals surface area contributed by atoms with Crippen molar-refractivity contribution in [3.05, 3.63) is 53.9 Å². The number of carbonyl (C=O) groups is 1. The van der Waals surface area contributed by atoms with Crippen LogP contribution in [0.3, 0.4) is 0 Å². The first kappa shape index (κ1) is 17.3. The van der Waals surface area contributed by atoms with Crippen LogP contribution in [0.15, 0.2) is 42.6 Å². The second-order valence-electron chi connectivity index (χ2n) is 6.05. The summed E-state index contributed by atoms with van der Waals surface area (Å²) in [4.78, 5) is 16.4. The summed E-state index contributed by atoms with van der Waals surface area (Å²) >= 11 is 0. The Balaban J connectivity index is 1.49. The number of nitrogens with zero attached hydrogens (tertiary/aromatic N) is 1. The zero-order valence-corrected chi connectivity index (χ0v) is 14.3. The highest BCUT2D eigenvalue weighted by molar-refractivity contribution is 6.13. The van der Waals surface area contributed by atoms with Crippen LogP contribution in [-0.2, 0) is 11.2 Å². The summed E-state index contributed by atoms with van der Waals surface area (Å²) in [6.45, 7) is 3.10. The van der Waals surface area contributed by atoms with E-state index in [-0.39, 0.29) is 18.2 Å². The van der Waals surface area contributed by atoms with E-state index in [1.54, 1.807) is 12.3 Å². The van der Waals surface area contributed by atoms with E-state index in [0.29, 0.717) is 31.1 Å². The van der Waals surface area contributed by atoms with E-state index in [1.807, 2.05) is 37.3 Å². The van der Waals surface area contributed by atoms with E-state index in [2.05, 4.69) is 10.3 Å². The fourth-order valence-corrected chi connectivity index (χ4v) is 2.98. The molecule has 5 nitrogen and oxygen atoms in total. The minimum absolute atomic E-state index is 0.142. The second kappa shape index (κ2) is 8.05. The third-order valence-electron chi connectivity index (χ3n) is 4.13. The van der Waals surface area contributed by atoms with E-state index in [9.17, 15) is 4.79 Å². The summed E-state index contributed by atoms with van der Waals surface area (Å²) in [6.07, 6.45) is 2.45. The molecule has 6 heteroatoms. The van der Waals surface area contributed by atoms with Crippen molar-refractivity contribution in [2.24, 2.45) is 0 Å². The molecule has 0 saturated heterocycles. The number of aromatic nitrogens is 1. The smallest absolute Gasteiger partial charge is 0.225 e. The highest BCUT2D eigenvalue weighted by Gasteiger charge is 2.25. The minimum atomic E-state index is -0.421. The van der Waals surface area contributed by atoms with E-state index in [1.165, 1.54) is 0 Å². The summed E-state index contributed by atoms with van der Waals surface area (Å²) < 4.78 is 11.0. The van der Waals surface area contributed by atoms with Crippen LogP contribution in [0, 0.1) is 0 Å². The number of rotatable bonds is 7. The van der Waals surface area contributed by atoms with Crippen LogP contribution in [0.25, 0.3) is 0 Å². The zero-order valence-electron chi connectivity index (χ0n) is 14.3. The molecule has 1 aromatic heterocycles. The van der Waals surface area contributed by atoms with Gasteiger partial charge in [0, 0.05) is 17.2 Å². The van der Waals surface area contributed by atoms with Crippen LogP contribution >= 0.6 is 0 Å². The maximum absolute atomic E-state index is 12.2. The number of para-hydroxylation sites is 1. The summed E-state index contributed by atoms with van der Waals surface area (Å²) in [5, 5.41) is 2.84. The Morgan fingerprint density at radius 3 is 3.00 bits per heavy atom. The Labute approximate surface area is 149 Å². The van der Waals surface area contributed by atoms with Crippen LogP contribution in [-0.4, -0.2) is 37.9 Å². The lowest BCUT2D eigenvalue weighted by Gasteiger charge is -2.18. The van der Waals surface area contributed by atoms with Crippen molar-refractivity contribution in [3.63, 3.8) is 0 Å². The molecule has 2 radical (unpaired) electrons. The van der Waals surface area contributed by atoms with Crippen molar-refractivity contribution >= 4 is 13.8 Å². The summed E-state index contributed by atoms with van der Waals surface area (Å²) in [5.74, 6) is 1.24. The first-order valence-corrected chi connectivity index (χ1v) is 8.50. The van der Waals surface area contributed by atoms with Crippen LogP contribution in [0.4, 0.5) is 0 Å². The van der Waals surface area contributed by atoms with Gasteiger partial charge in [0.2, 0.25) is 5.91 Å². The Hall–Kier alpha value is -2.50. The molecule has 0 unspecified atom stereocenters. The molecule has 128 valence electrons. The van der Waals surface area contributed by atoms with Crippen molar-refractivity contribution in [2.45, 2.75) is 31.6 Å². The summed E-state index contributed by atoms with van der Waals surface area (Å²) in [5.41, 5.74) is 1.84. The maximum Gasteiger partial charge on any atom is 0.225 e.